The van der Waals surface area contributed by atoms with Crippen LogP contribution in [-0.2, 0) is 16.0 Å². The molecule has 0 spiro atoms. The Morgan fingerprint density at radius 3 is 3.00 bits per heavy atom. The Balaban J connectivity index is 1.74. The maximum absolute atomic E-state index is 12.4. The van der Waals surface area contributed by atoms with Crippen molar-refractivity contribution in [3.63, 3.8) is 0 Å². The summed E-state index contributed by atoms with van der Waals surface area (Å²) in [5.74, 6) is 1.51. The molecule has 0 saturated carbocycles. The Morgan fingerprint density at radius 2 is 2.29 bits per heavy atom. The number of nitrogens with two attached hydrogens (primary N) is 1. The third-order valence-corrected chi connectivity index (χ3v) is 4.67. The number of amides is 1. The third-order valence-electron chi connectivity index (χ3n) is 4.67. The summed E-state index contributed by atoms with van der Waals surface area (Å²) in [7, 11) is 0. The topological polar surface area (TPSA) is 90.6 Å². The fraction of sp³-hybridized carbons (Fsp3) is 0.706. The van der Waals surface area contributed by atoms with Crippen LogP contribution in [0.4, 0.5) is 11.6 Å². The molecule has 1 saturated heterocycles. The van der Waals surface area contributed by atoms with Gasteiger partial charge in [-0.05, 0) is 32.1 Å². The van der Waals surface area contributed by atoms with Crippen molar-refractivity contribution in [3.8, 4) is 6.01 Å². The molecule has 2 aliphatic rings. The van der Waals surface area contributed by atoms with Crippen molar-refractivity contribution in [2.24, 2.45) is 5.92 Å². The molecule has 0 radical (unpaired) electrons. The quantitative estimate of drug-likeness (QED) is 0.819. The lowest BCUT2D eigenvalue weighted by Gasteiger charge is -2.19. The smallest absolute Gasteiger partial charge is 0.320 e. The molecule has 3 heterocycles. The van der Waals surface area contributed by atoms with Gasteiger partial charge in [0.05, 0.1) is 12.5 Å². The second-order valence-corrected chi connectivity index (χ2v) is 6.65. The third kappa shape index (κ3) is 3.61. The minimum atomic E-state index is 0.0219. The van der Waals surface area contributed by atoms with E-state index in [1.54, 1.807) is 4.90 Å². The number of carbonyl (C=O) groups is 1. The number of ether oxygens (including phenoxy) is 2. The van der Waals surface area contributed by atoms with Crippen molar-refractivity contribution in [2.75, 3.05) is 30.4 Å². The summed E-state index contributed by atoms with van der Waals surface area (Å²) < 4.78 is 11.2. The maximum Gasteiger partial charge on any atom is 0.320 e. The number of aromatic nitrogens is 2. The molecule has 24 heavy (non-hydrogen) atoms. The average molecular weight is 334 g/mol. The highest BCUT2D eigenvalue weighted by Gasteiger charge is 2.33. The van der Waals surface area contributed by atoms with Crippen LogP contribution in [0, 0.1) is 5.92 Å². The molecule has 7 heteroatoms. The lowest BCUT2D eigenvalue weighted by molar-refractivity contribution is -0.117. The molecule has 132 valence electrons. The van der Waals surface area contributed by atoms with Crippen LogP contribution in [0.3, 0.4) is 0 Å². The molecule has 3 rings (SSSR count). The van der Waals surface area contributed by atoms with Crippen LogP contribution in [0.25, 0.3) is 0 Å². The van der Waals surface area contributed by atoms with Crippen molar-refractivity contribution >= 4 is 17.5 Å². The van der Waals surface area contributed by atoms with E-state index < -0.39 is 0 Å². The predicted octanol–water partition coefficient (Wildman–Crippen LogP) is 1.94. The number of nitrogen functional groups attached to an aromatic ring is 1. The highest BCUT2D eigenvalue weighted by Crippen LogP contribution is 2.33. The zero-order valence-corrected chi connectivity index (χ0v) is 14.5. The summed E-state index contributed by atoms with van der Waals surface area (Å²) >= 11 is 0. The number of hydrogen-bond donors (Lipinski definition) is 1. The number of rotatable bonds is 7. The van der Waals surface area contributed by atoms with Crippen molar-refractivity contribution in [2.45, 2.75) is 52.1 Å². The summed E-state index contributed by atoms with van der Waals surface area (Å²) in [6.45, 7) is 6.33. The van der Waals surface area contributed by atoms with Gasteiger partial charge in [-0.15, -0.1) is 0 Å². The molecular weight excluding hydrogens is 308 g/mol. The Morgan fingerprint density at radius 1 is 1.46 bits per heavy atom. The molecule has 0 aliphatic carbocycles. The maximum atomic E-state index is 12.4. The Labute approximate surface area is 142 Å². The number of anilines is 2. The van der Waals surface area contributed by atoms with E-state index in [2.05, 4.69) is 16.9 Å². The second kappa shape index (κ2) is 7.34. The van der Waals surface area contributed by atoms with Crippen LogP contribution in [-0.4, -0.2) is 41.7 Å². The van der Waals surface area contributed by atoms with E-state index in [9.17, 15) is 4.79 Å². The average Bonchev–Trinajstić information content (AvgIpc) is 3.14. The van der Waals surface area contributed by atoms with E-state index in [1.807, 2.05) is 6.92 Å². The van der Waals surface area contributed by atoms with Gasteiger partial charge in [-0.1, -0.05) is 13.3 Å². The normalized spacial score (nSPS) is 21.2. The molecule has 0 unspecified atom stereocenters. The first-order valence-corrected chi connectivity index (χ1v) is 8.79. The molecule has 1 amide bonds. The van der Waals surface area contributed by atoms with Crippen LogP contribution >= 0.6 is 0 Å². The Bertz CT molecular complexity index is 602. The van der Waals surface area contributed by atoms with Crippen LogP contribution in [0.5, 0.6) is 6.01 Å². The fourth-order valence-corrected chi connectivity index (χ4v) is 3.28. The van der Waals surface area contributed by atoms with E-state index in [0.29, 0.717) is 24.1 Å². The molecule has 0 bridgehead atoms. The first kappa shape index (κ1) is 17.0. The minimum absolute atomic E-state index is 0.0219. The summed E-state index contributed by atoms with van der Waals surface area (Å²) in [5.41, 5.74) is 6.76. The van der Waals surface area contributed by atoms with Crippen molar-refractivity contribution < 1.29 is 14.3 Å². The van der Waals surface area contributed by atoms with Crippen molar-refractivity contribution in [1.29, 1.82) is 0 Å². The van der Waals surface area contributed by atoms with Gasteiger partial charge in [0.2, 0.25) is 5.91 Å². The van der Waals surface area contributed by atoms with Crippen molar-refractivity contribution in [1.82, 2.24) is 9.97 Å². The summed E-state index contributed by atoms with van der Waals surface area (Å²) in [6, 6.07) is 0.260. The predicted molar refractivity (Wildman–Crippen MR) is 91.0 cm³/mol. The largest absolute Gasteiger partial charge is 0.460 e. The fourth-order valence-electron chi connectivity index (χ4n) is 3.28. The molecule has 2 N–H and O–H groups in total. The van der Waals surface area contributed by atoms with Gasteiger partial charge in [0, 0.05) is 25.3 Å². The number of hydrogen-bond acceptors (Lipinski definition) is 6. The zero-order chi connectivity index (χ0) is 17.1. The lowest BCUT2D eigenvalue weighted by atomic mass is 10.1. The molecule has 1 aromatic rings. The Hall–Kier alpha value is -1.89. The van der Waals surface area contributed by atoms with E-state index in [0.717, 1.165) is 44.5 Å². The minimum Gasteiger partial charge on any atom is -0.460 e. The van der Waals surface area contributed by atoms with Gasteiger partial charge in [-0.25, -0.2) is 0 Å². The number of nitrogens with zero attached hydrogens (tertiary/aromatic N) is 3. The highest BCUT2D eigenvalue weighted by atomic mass is 16.5. The molecule has 1 aromatic heterocycles. The zero-order valence-electron chi connectivity index (χ0n) is 14.5. The van der Waals surface area contributed by atoms with Crippen LogP contribution < -0.4 is 15.4 Å². The monoisotopic (exact) mass is 334 g/mol. The van der Waals surface area contributed by atoms with Crippen LogP contribution in [0.2, 0.25) is 0 Å². The first-order valence-electron chi connectivity index (χ1n) is 8.79. The van der Waals surface area contributed by atoms with Gasteiger partial charge in [0.25, 0.3) is 0 Å². The van der Waals surface area contributed by atoms with Gasteiger partial charge in [-0.2, -0.15) is 9.97 Å². The summed E-state index contributed by atoms with van der Waals surface area (Å²) in [6.07, 6.45) is 4.21. The molecule has 1 fully saturated rings. The van der Waals surface area contributed by atoms with E-state index >= 15 is 0 Å². The molecule has 2 atom stereocenters. The lowest BCUT2D eigenvalue weighted by Crippen LogP contribution is -2.30. The SMILES string of the molecule is CCC[C@@H](C)Oc1nc(N)c2c(n1)N(CC[C@H]1CCOC1)C(=O)C2. The molecule has 7 nitrogen and oxygen atoms in total. The molecular formula is C17H26N4O3. The highest BCUT2D eigenvalue weighted by molar-refractivity contribution is 6.01. The number of carbonyl (C=O) groups excluding carboxylic acids is 1. The van der Waals surface area contributed by atoms with Gasteiger partial charge in [-0.3, -0.25) is 9.69 Å². The van der Waals surface area contributed by atoms with Crippen LogP contribution in [0.1, 0.15) is 45.1 Å². The summed E-state index contributed by atoms with van der Waals surface area (Å²) in [4.78, 5) is 22.8. The molecule has 2 aliphatic heterocycles. The summed E-state index contributed by atoms with van der Waals surface area (Å²) in [5, 5.41) is 0. The van der Waals surface area contributed by atoms with E-state index in [-0.39, 0.29) is 24.4 Å². The number of fused-ring (bicyclic) bond motifs is 1. The van der Waals surface area contributed by atoms with Gasteiger partial charge >= 0.3 is 6.01 Å². The van der Waals surface area contributed by atoms with Crippen molar-refractivity contribution in [3.05, 3.63) is 5.56 Å². The van der Waals surface area contributed by atoms with Crippen LogP contribution in [0.15, 0.2) is 0 Å². The van der Waals surface area contributed by atoms with E-state index in [1.165, 1.54) is 0 Å². The van der Waals surface area contributed by atoms with Gasteiger partial charge in [0.1, 0.15) is 11.6 Å². The second-order valence-electron chi connectivity index (χ2n) is 6.65. The van der Waals surface area contributed by atoms with E-state index in [4.69, 9.17) is 15.2 Å². The Kier molecular flexibility index (Phi) is 5.18. The first-order chi connectivity index (χ1) is 11.6. The van der Waals surface area contributed by atoms with Gasteiger partial charge in [0.15, 0.2) is 0 Å². The standard InChI is InChI=1S/C17H26N4O3/c1-3-4-11(2)24-17-19-15(18)13-9-14(22)21(16(13)20-17)7-5-12-6-8-23-10-12/h11-12H,3-10H2,1-2H3,(H2,18,19,20)/t11-,12+/m1/s1. The molecule has 0 aromatic carbocycles. The van der Waals surface area contributed by atoms with Gasteiger partial charge < -0.3 is 15.2 Å².